The highest BCUT2D eigenvalue weighted by molar-refractivity contribution is 5.81. The van der Waals surface area contributed by atoms with Gasteiger partial charge in [-0.15, -0.1) is 13.2 Å². The molecule has 0 saturated carbocycles. The molecule has 0 radical (unpaired) electrons. The molecule has 1 amide bonds. The Labute approximate surface area is 216 Å². The van der Waals surface area contributed by atoms with Crippen molar-refractivity contribution in [3.05, 3.63) is 60.0 Å². The zero-order valence-electron chi connectivity index (χ0n) is 20.7. The lowest BCUT2D eigenvalue weighted by atomic mass is 10.0. The van der Waals surface area contributed by atoms with E-state index in [-0.39, 0.29) is 17.7 Å². The minimum atomic E-state index is -4.75. The Morgan fingerprint density at radius 1 is 1.13 bits per heavy atom. The third-order valence-electron chi connectivity index (χ3n) is 7.19. The van der Waals surface area contributed by atoms with Gasteiger partial charge in [0.15, 0.2) is 0 Å². The van der Waals surface area contributed by atoms with Crippen molar-refractivity contribution >= 4 is 11.6 Å². The van der Waals surface area contributed by atoms with E-state index in [0.29, 0.717) is 43.2 Å². The van der Waals surface area contributed by atoms with Gasteiger partial charge in [-0.3, -0.25) is 9.48 Å². The number of hydrogen-bond acceptors (Lipinski definition) is 5. The Morgan fingerprint density at radius 3 is 2.61 bits per heavy atom. The van der Waals surface area contributed by atoms with E-state index in [1.807, 2.05) is 33.8 Å². The number of nitrogens with zero attached hydrogens (tertiary/aromatic N) is 5. The molecule has 8 nitrogen and oxygen atoms in total. The van der Waals surface area contributed by atoms with Gasteiger partial charge in [-0.2, -0.15) is 5.10 Å². The topological polar surface area (TPSA) is 73.9 Å². The molecule has 1 fully saturated rings. The molecular formula is C27H26F3N5O3. The smallest absolute Gasteiger partial charge is 0.406 e. The highest BCUT2D eigenvalue weighted by atomic mass is 19.4. The molecule has 4 aromatic rings. The number of carbonyl (C=O) groups is 1. The number of amides is 1. The Bertz CT molecular complexity index is 1490. The fraction of sp³-hybridized carbons (Fsp3) is 0.370. The Morgan fingerprint density at radius 2 is 1.89 bits per heavy atom. The van der Waals surface area contributed by atoms with Crippen molar-refractivity contribution in [2.75, 3.05) is 19.8 Å². The molecule has 11 heteroatoms. The monoisotopic (exact) mass is 525 g/mol. The number of halogens is 3. The van der Waals surface area contributed by atoms with Gasteiger partial charge in [0.05, 0.1) is 11.7 Å². The van der Waals surface area contributed by atoms with Gasteiger partial charge in [-0.1, -0.05) is 0 Å². The van der Waals surface area contributed by atoms with E-state index in [1.165, 1.54) is 12.1 Å². The van der Waals surface area contributed by atoms with Gasteiger partial charge in [0.2, 0.25) is 5.91 Å². The predicted octanol–water partition coefficient (Wildman–Crippen LogP) is 5.02. The summed E-state index contributed by atoms with van der Waals surface area (Å²) in [5.74, 6) is -0.259. The molecular weight excluding hydrogens is 499 g/mol. The average molecular weight is 526 g/mol. The molecule has 0 aliphatic carbocycles. The molecule has 5 heterocycles. The van der Waals surface area contributed by atoms with Gasteiger partial charge in [-0.25, -0.2) is 4.98 Å². The third-order valence-corrected chi connectivity index (χ3v) is 7.19. The van der Waals surface area contributed by atoms with Crippen LogP contribution < -0.4 is 4.74 Å². The molecule has 0 spiro atoms. The van der Waals surface area contributed by atoms with Gasteiger partial charge in [0, 0.05) is 74.4 Å². The lowest BCUT2D eigenvalue weighted by Crippen LogP contribution is -2.35. The van der Waals surface area contributed by atoms with Crippen LogP contribution in [0.4, 0.5) is 13.2 Å². The second-order valence-electron chi connectivity index (χ2n) is 9.60. The third kappa shape index (κ3) is 4.62. The number of pyridine rings is 1. The summed E-state index contributed by atoms with van der Waals surface area (Å²) in [7, 11) is 0. The van der Waals surface area contributed by atoms with E-state index in [0.717, 1.165) is 41.8 Å². The van der Waals surface area contributed by atoms with Crippen LogP contribution in [0.5, 0.6) is 5.75 Å². The van der Waals surface area contributed by atoms with E-state index < -0.39 is 6.36 Å². The quantitative estimate of drug-likeness (QED) is 0.374. The molecule has 1 saturated heterocycles. The van der Waals surface area contributed by atoms with Crippen molar-refractivity contribution in [2.24, 2.45) is 0 Å². The number of alkyl halides is 3. The SMILES string of the molecule is CC(=O)N1CCc2c(c(-c3cccn4cc(-c5ccc(OC(F)(F)F)cc5)nc34)nn2C2CCOCC2)C1. The molecule has 6 rings (SSSR count). The van der Waals surface area contributed by atoms with E-state index in [4.69, 9.17) is 14.8 Å². The van der Waals surface area contributed by atoms with Crippen molar-refractivity contribution < 1.29 is 27.4 Å². The molecule has 2 aliphatic rings. The molecule has 0 atom stereocenters. The number of carbonyl (C=O) groups excluding carboxylic acids is 1. The summed E-state index contributed by atoms with van der Waals surface area (Å²) in [6.45, 7) is 4.11. The second-order valence-corrected chi connectivity index (χ2v) is 9.60. The van der Waals surface area contributed by atoms with Crippen LogP contribution in [0.3, 0.4) is 0 Å². The summed E-state index contributed by atoms with van der Waals surface area (Å²) in [4.78, 5) is 18.9. The molecule has 198 valence electrons. The first-order valence-corrected chi connectivity index (χ1v) is 12.5. The number of ether oxygens (including phenoxy) is 2. The van der Waals surface area contributed by atoms with Gasteiger partial charge in [0.1, 0.15) is 17.1 Å². The predicted molar refractivity (Wildman–Crippen MR) is 132 cm³/mol. The maximum Gasteiger partial charge on any atom is 0.573 e. The Kier molecular flexibility index (Phi) is 6.10. The summed E-state index contributed by atoms with van der Waals surface area (Å²) in [6, 6.07) is 9.77. The zero-order chi connectivity index (χ0) is 26.4. The first kappa shape index (κ1) is 24.5. The fourth-order valence-electron chi connectivity index (χ4n) is 5.33. The van der Waals surface area contributed by atoms with Crippen molar-refractivity contribution in [3.63, 3.8) is 0 Å². The van der Waals surface area contributed by atoms with Crippen LogP contribution in [-0.2, 0) is 22.5 Å². The highest BCUT2D eigenvalue weighted by Crippen LogP contribution is 2.36. The van der Waals surface area contributed by atoms with E-state index in [2.05, 4.69) is 9.42 Å². The molecule has 0 bridgehead atoms. The molecule has 1 aromatic carbocycles. The Hall–Kier alpha value is -3.86. The van der Waals surface area contributed by atoms with E-state index >= 15 is 0 Å². The Balaban J connectivity index is 1.42. The highest BCUT2D eigenvalue weighted by Gasteiger charge is 2.32. The van der Waals surface area contributed by atoms with Crippen LogP contribution in [0.2, 0.25) is 0 Å². The van der Waals surface area contributed by atoms with E-state index in [9.17, 15) is 18.0 Å². The second kappa shape index (κ2) is 9.46. The molecule has 0 N–H and O–H groups in total. The summed E-state index contributed by atoms with van der Waals surface area (Å²) >= 11 is 0. The van der Waals surface area contributed by atoms with Crippen LogP contribution in [0, 0.1) is 0 Å². The molecule has 3 aromatic heterocycles. The van der Waals surface area contributed by atoms with Crippen LogP contribution in [0.15, 0.2) is 48.8 Å². The van der Waals surface area contributed by atoms with Gasteiger partial charge < -0.3 is 18.8 Å². The first-order chi connectivity index (χ1) is 18.3. The van der Waals surface area contributed by atoms with Crippen molar-refractivity contribution in [1.82, 2.24) is 24.1 Å². The van der Waals surface area contributed by atoms with Crippen LogP contribution in [0.25, 0.3) is 28.2 Å². The van der Waals surface area contributed by atoms with Gasteiger partial charge in [0.25, 0.3) is 0 Å². The van der Waals surface area contributed by atoms with Gasteiger partial charge >= 0.3 is 6.36 Å². The fourth-order valence-corrected chi connectivity index (χ4v) is 5.33. The van der Waals surface area contributed by atoms with Gasteiger partial charge in [-0.05, 0) is 49.2 Å². The molecule has 2 aliphatic heterocycles. The summed E-state index contributed by atoms with van der Waals surface area (Å²) in [6.07, 6.45) is 1.47. The minimum Gasteiger partial charge on any atom is -0.406 e. The van der Waals surface area contributed by atoms with Crippen molar-refractivity contribution in [1.29, 1.82) is 0 Å². The van der Waals surface area contributed by atoms with E-state index in [1.54, 1.807) is 19.1 Å². The molecule has 0 unspecified atom stereocenters. The average Bonchev–Trinajstić information content (AvgIpc) is 3.50. The van der Waals surface area contributed by atoms with Crippen molar-refractivity contribution in [3.8, 4) is 28.3 Å². The summed E-state index contributed by atoms with van der Waals surface area (Å²) in [5.41, 5.74) is 5.77. The summed E-state index contributed by atoms with van der Waals surface area (Å²) in [5, 5.41) is 5.10. The zero-order valence-corrected chi connectivity index (χ0v) is 20.7. The lowest BCUT2D eigenvalue weighted by Gasteiger charge is -2.29. The standard InChI is InChI=1S/C27H26F3N5O3/c1-17(36)33-12-8-24-22(15-33)25(32-35(24)19-9-13-37-14-10-19)21-3-2-11-34-16-23(31-26(21)34)18-4-6-20(7-5-18)38-27(28,29)30/h2-7,11,16,19H,8-10,12-15H2,1H3. The maximum absolute atomic E-state index is 12.5. The number of benzene rings is 1. The summed E-state index contributed by atoms with van der Waals surface area (Å²) < 4.78 is 51.2. The number of rotatable bonds is 4. The van der Waals surface area contributed by atoms with Crippen LogP contribution >= 0.6 is 0 Å². The lowest BCUT2D eigenvalue weighted by molar-refractivity contribution is -0.274. The largest absolute Gasteiger partial charge is 0.573 e. The van der Waals surface area contributed by atoms with Crippen molar-refractivity contribution in [2.45, 2.75) is 45.1 Å². The van der Waals surface area contributed by atoms with Crippen LogP contribution in [-0.4, -0.2) is 56.1 Å². The first-order valence-electron chi connectivity index (χ1n) is 12.5. The number of hydrogen-bond donors (Lipinski definition) is 0. The maximum atomic E-state index is 12.5. The van der Waals surface area contributed by atoms with Crippen LogP contribution in [0.1, 0.15) is 37.1 Å². The number of fused-ring (bicyclic) bond motifs is 2. The number of aromatic nitrogens is 4. The normalized spacial score (nSPS) is 16.6. The number of imidazole rings is 1. The molecule has 38 heavy (non-hydrogen) atoms. The minimum absolute atomic E-state index is 0.0275.